The molecule has 0 unspecified atom stereocenters. The standard InChI is InChI=1S/C18H20O2/c1-4-13-6-7-14(5-2)17(10-13)15-8-12(3)9-16(11-15)18(19)20/h6-11H,4-5H2,1-3H3,(H,19,20). The summed E-state index contributed by atoms with van der Waals surface area (Å²) in [5.41, 5.74) is 6.00. The van der Waals surface area contributed by atoms with Crippen molar-refractivity contribution in [3.8, 4) is 11.1 Å². The van der Waals surface area contributed by atoms with Crippen LogP contribution in [0.2, 0.25) is 0 Å². The van der Waals surface area contributed by atoms with Gasteiger partial charge in [-0.3, -0.25) is 0 Å². The van der Waals surface area contributed by atoms with Crippen LogP contribution in [0.1, 0.15) is 40.9 Å². The molecule has 0 bridgehead atoms. The first kappa shape index (κ1) is 14.3. The van der Waals surface area contributed by atoms with E-state index in [1.165, 1.54) is 11.1 Å². The van der Waals surface area contributed by atoms with E-state index in [9.17, 15) is 9.90 Å². The molecule has 1 N–H and O–H groups in total. The minimum Gasteiger partial charge on any atom is -0.478 e. The molecule has 0 aliphatic rings. The van der Waals surface area contributed by atoms with Gasteiger partial charge >= 0.3 is 5.97 Å². The fourth-order valence-electron chi connectivity index (χ4n) is 2.48. The summed E-state index contributed by atoms with van der Waals surface area (Å²) in [6, 6.07) is 12.0. The molecule has 0 spiro atoms. The van der Waals surface area contributed by atoms with E-state index < -0.39 is 5.97 Å². The molecule has 0 radical (unpaired) electrons. The minimum absolute atomic E-state index is 0.351. The van der Waals surface area contributed by atoms with Crippen molar-refractivity contribution in [2.45, 2.75) is 33.6 Å². The summed E-state index contributed by atoms with van der Waals surface area (Å²) in [6.45, 7) is 6.19. The third-order valence-electron chi connectivity index (χ3n) is 3.60. The van der Waals surface area contributed by atoms with Gasteiger partial charge in [0.1, 0.15) is 0 Å². The number of carboxylic acid groups (broad SMARTS) is 1. The summed E-state index contributed by atoms with van der Waals surface area (Å²) in [6.07, 6.45) is 1.92. The van der Waals surface area contributed by atoms with Gasteiger partial charge in [-0.05, 0) is 59.7 Å². The highest BCUT2D eigenvalue weighted by Crippen LogP contribution is 2.28. The molecule has 0 heterocycles. The average Bonchev–Trinajstić information content (AvgIpc) is 2.45. The summed E-state index contributed by atoms with van der Waals surface area (Å²) in [5.74, 6) is -0.875. The molecule has 0 amide bonds. The number of carboxylic acids is 1. The normalized spacial score (nSPS) is 10.6. The SMILES string of the molecule is CCc1ccc(CC)c(-c2cc(C)cc(C(=O)O)c2)c1. The molecule has 20 heavy (non-hydrogen) atoms. The van der Waals surface area contributed by atoms with Gasteiger partial charge < -0.3 is 5.11 Å². The molecule has 0 saturated carbocycles. The summed E-state index contributed by atoms with van der Waals surface area (Å²) in [7, 11) is 0. The number of hydrogen-bond donors (Lipinski definition) is 1. The Hall–Kier alpha value is -2.09. The van der Waals surface area contributed by atoms with E-state index in [1.807, 2.05) is 6.92 Å². The molecule has 0 aromatic heterocycles. The lowest BCUT2D eigenvalue weighted by molar-refractivity contribution is 0.0697. The number of aromatic carboxylic acids is 1. The molecule has 104 valence electrons. The molecular formula is C18H20O2. The van der Waals surface area contributed by atoms with E-state index >= 15 is 0 Å². The number of aryl methyl sites for hydroxylation is 3. The first-order valence-electron chi connectivity index (χ1n) is 7.02. The zero-order valence-corrected chi connectivity index (χ0v) is 12.2. The second-order valence-electron chi connectivity index (χ2n) is 5.09. The Morgan fingerprint density at radius 3 is 2.40 bits per heavy atom. The van der Waals surface area contributed by atoms with E-state index in [2.05, 4.69) is 38.1 Å². The Bertz CT molecular complexity index is 642. The first-order chi connectivity index (χ1) is 9.55. The van der Waals surface area contributed by atoms with E-state index in [0.29, 0.717) is 5.56 Å². The molecule has 2 heteroatoms. The summed E-state index contributed by atoms with van der Waals surface area (Å²) < 4.78 is 0. The molecule has 0 atom stereocenters. The molecule has 0 aliphatic heterocycles. The highest BCUT2D eigenvalue weighted by molar-refractivity contribution is 5.90. The van der Waals surface area contributed by atoms with E-state index in [0.717, 1.165) is 29.5 Å². The number of hydrogen-bond acceptors (Lipinski definition) is 1. The largest absolute Gasteiger partial charge is 0.478 e. The van der Waals surface area contributed by atoms with Crippen LogP contribution in [0.25, 0.3) is 11.1 Å². The third kappa shape index (κ3) is 2.90. The predicted octanol–water partition coefficient (Wildman–Crippen LogP) is 4.49. The molecule has 2 aromatic carbocycles. The third-order valence-corrected chi connectivity index (χ3v) is 3.60. The second kappa shape index (κ2) is 5.91. The number of rotatable bonds is 4. The molecular weight excluding hydrogens is 248 g/mol. The van der Waals surface area contributed by atoms with Gasteiger partial charge in [-0.1, -0.05) is 38.1 Å². The van der Waals surface area contributed by atoms with Crippen molar-refractivity contribution in [1.82, 2.24) is 0 Å². The number of benzene rings is 2. The molecule has 2 nitrogen and oxygen atoms in total. The van der Waals surface area contributed by atoms with Gasteiger partial charge in [0.25, 0.3) is 0 Å². The van der Waals surface area contributed by atoms with Crippen LogP contribution < -0.4 is 0 Å². The highest BCUT2D eigenvalue weighted by Gasteiger charge is 2.10. The molecule has 2 rings (SSSR count). The van der Waals surface area contributed by atoms with Gasteiger partial charge in [0.15, 0.2) is 0 Å². The second-order valence-corrected chi connectivity index (χ2v) is 5.09. The summed E-state index contributed by atoms with van der Waals surface area (Å²) in [4.78, 5) is 11.2. The van der Waals surface area contributed by atoms with Crippen LogP contribution in [0.3, 0.4) is 0 Å². The Morgan fingerprint density at radius 2 is 1.80 bits per heavy atom. The van der Waals surface area contributed by atoms with E-state index in [-0.39, 0.29) is 0 Å². The highest BCUT2D eigenvalue weighted by atomic mass is 16.4. The van der Waals surface area contributed by atoms with Gasteiger partial charge in [-0.2, -0.15) is 0 Å². The summed E-state index contributed by atoms with van der Waals surface area (Å²) >= 11 is 0. The van der Waals surface area contributed by atoms with Crippen LogP contribution in [0.5, 0.6) is 0 Å². The molecule has 2 aromatic rings. The van der Waals surface area contributed by atoms with Crippen molar-refractivity contribution in [3.63, 3.8) is 0 Å². The lowest BCUT2D eigenvalue weighted by atomic mass is 9.93. The summed E-state index contributed by atoms with van der Waals surface area (Å²) in [5, 5.41) is 9.21. The molecule has 0 fully saturated rings. The van der Waals surface area contributed by atoms with Crippen LogP contribution in [0, 0.1) is 6.92 Å². The maximum Gasteiger partial charge on any atom is 0.335 e. The van der Waals surface area contributed by atoms with Crippen LogP contribution in [-0.4, -0.2) is 11.1 Å². The lowest BCUT2D eigenvalue weighted by Gasteiger charge is -2.12. The van der Waals surface area contributed by atoms with E-state index in [4.69, 9.17) is 0 Å². The maximum absolute atomic E-state index is 11.2. The van der Waals surface area contributed by atoms with Crippen molar-refractivity contribution in [2.75, 3.05) is 0 Å². The Morgan fingerprint density at radius 1 is 1.05 bits per heavy atom. The van der Waals surface area contributed by atoms with Crippen LogP contribution in [-0.2, 0) is 12.8 Å². The van der Waals surface area contributed by atoms with Crippen molar-refractivity contribution in [2.24, 2.45) is 0 Å². The van der Waals surface area contributed by atoms with Crippen LogP contribution >= 0.6 is 0 Å². The van der Waals surface area contributed by atoms with Gasteiger partial charge in [-0.25, -0.2) is 4.79 Å². The first-order valence-corrected chi connectivity index (χ1v) is 7.02. The smallest absolute Gasteiger partial charge is 0.335 e. The maximum atomic E-state index is 11.2. The minimum atomic E-state index is -0.875. The van der Waals surface area contributed by atoms with Gasteiger partial charge in [-0.15, -0.1) is 0 Å². The van der Waals surface area contributed by atoms with Crippen molar-refractivity contribution in [3.05, 3.63) is 58.7 Å². The van der Waals surface area contributed by atoms with Gasteiger partial charge in [0.2, 0.25) is 0 Å². The number of carbonyl (C=O) groups is 1. The Kier molecular flexibility index (Phi) is 4.23. The van der Waals surface area contributed by atoms with Crippen molar-refractivity contribution >= 4 is 5.97 Å². The van der Waals surface area contributed by atoms with Crippen LogP contribution in [0.4, 0.5) is 0 Å². The Labute approximate surface area is 120 Å². The van der Waals surface area contributed by atoms with Gasteiger partial charge in [0.05, 0.1) is 5.56 Å². The zero-order chi connectivity index (χ0) is 14.7. The molecule has 0 aliphatic carbocycles. The zero-order valence-electron chi connectivity index (χ0n) is 12.2. The topological polar surface area (TPSA) is 37.3 Å². The van der Waals surface area contributed by atoms with E-state index in [1.54, 1.807) is 12.1 Å². The fourth-order valence-corrected chi connectivity index (χ4v) is 2.48. The van der Waals surface area contributed by atoms with Gasteiger partial charge in [0, 0.05) is 0 Å². The van der Waals surface area contributed by atoms with Crippen molar-refractivity contribution in [1.29, 1.82) is 0 Å². The Balaban J connectivity index is 2.63. The van der Waals surface area contributed by atoms with Crippen molar-refractivity contribution < 1.29 is 9.90 Å². The molecule has 0 saturated heterocycles. The fraction of sp³-hybridized carbons (Fsp3) is 0.278. The predicted molar refractivity (Wildman–Crippen MR) is 82.3 cm³/mol. The lowest BCUT2D eigenvalue weighted by Crippen LogP contribution is -1.98. The quantitative estimate of drug-likeness (QED) is 0.887. The average molecular weight is 268 g/mol. The van der Waals surface area contributed by atoms with Crippen LogP contribution in [0.15, 0.2) is 36.4 Å². The monoisotopic (exact) mass is 268 g/mol.